The molecule has 0 spiro atoms. The molecule has 0 radical (unpaired) electrons. The van der Waals surface area contributed by atoms with Gasteiger partial charge in [0.05, 0.1) is 26.3 Å². The van der Waals surface area contributed by atoms with Crippen LogP contribution in [0.1, 0.15) is 40.5 Å². The van der Waals surface area contributed by atoms with Crippen molar-refractivity contribution in [3.8, 4) is 17.6 Å². The number of amides is 1. The fourth-order valence-corrected chi connectivity index (χ4v) is 4.69. The number of benzene rings is 1. The van der Waals surface area contributed by atoms with Gasteiger partial charge >= 0.3 is 0 Å². The molecule has 1 aromatic carbocycles. The summed E-state index contributed by atoms with van der Waals surface area (Å²) in [5.74, 6) is 1.47. The van der Waals surface area contributed by atoms with E-state index in [0.717, 1.165) is 46.9 Å². The molecule has 0 aliphatic carbocycles. The number of likely N-dealkylation sites (tertiary alicyclic amines) is 1. The van der Waals surface area contributed by atoms with Crippen LogP contribution in [0.5, 0.6) is 11.5 Å². The van der Waals surface area contributed by atoms with Gasteiger partial charge in [-0.1, -0.05) is 0 Å². The molecule has 2 aromatic rings. The maximum atomic E-state index is 12.7. The molecule has 148 valence electrons. The summed E-state index contributed by atoms with van der Waals surface area (Å²) < 4.78 is 10.9. The fraction of sp³-hybridized carbons (Fsp3) is 0.429. The van der Waals surface area contributed by atoms with Gasteiger partial charge in [0.2, 0.25) is 5.91 Å². The Balaban J connectivity index is 1.77. The molecule has 1 N–H and O–H groups in total. The molecule has 1 amide bonds. The highest BCUT2D eigenvalue weighted by molar-refractivity contribution is 7.16. The van der Waals surface area contributed by atoms with Crippen molar-refractivity contribution in [2.24, 2.45) is 0 Å². The third kappa shape index (κ3) is 3.98. The van der Waals surface area contributed by atoms with Gasteiger partial charge in [-0.05, 0) is 57.0 Å². The number of nitrogens with zero attached hydrogens (tertiary/aromatic N) is 2. The van der Waals surface area contributed by atoms with Crippen LogP contribution < -0.4 is 14.8 Å². The third-order valence-corrected chi connectivity index (χ3v) is 6.38. The Hall–Kier alpha value is -2.56. The molecule has 1 aromatic heterocycles. The molecule has 2 heterocycles. The first-order valence-electron chi connectivity index (χ1n) is 9.24. The molecule has 7 heteroatoms. The maximum Gasteiger partial charge on any atom is 0.239 e. The Kier molecular flexibility index (Phi) is 6.22. The number of aryl methyl sites for hydroxylation is 1. The molecule has 6 nitrogen and oxygen atoms in total. The second-order valence-corrected chi connectivity index (χ2v) is 8.11. The molecule has 0 bridgehead atoms. The Morgan fingerprint density at radius 1 is 1.36 bits per heavy atom. The molecular formula is C21H25N3O3S. The van der Waals surface area contributed by atoms with Crippen LogP contribution in [0.3, 0.4) is 0 Å². The maximum absolute atomic E-state index is 12.7. The van der Waals surface area contributed by atoms with Crippen molar-refractivity contribution in [2.45, 2.75) is 32.7 Å². The SMILES string of the molecule is COc1ccc(OC)c(C2CCCN2CC(=O)Nc2sc(C)c(C)c2C#N)c1. The lowest BCUT2D eigenvalue weighted by molar-refractivity contribution is -0.117. The normalized spacial score (nSPS) is 16.6. The van der Waals surface area contributed by atoms with E-state index in [0.29, 0.717) is 10.6 Å². The largest absolute Gasteiger partial charge is 0.497 e. The molecule has 3 rings (SSSR count). The van der Waals surface area contributed by atoms with Gasteiger partial charge in [0.1, 0.15) is 22.6 Å². The zero-order valence-electron chi connectivity index (χ0n) is 16.7. The van der Waals surface area contributed by atoms with E-state index in [-0.39, 0.29) is 18.5 Å². The minimum Gasteiger partial charge on any atom is -0.497 e. The van der Waals surface area contributed by atoms with Crippen molar-refractivity contribution in [3.63, 3.8) is 0 Å². The van der Waals surface area contributed by atoms with Gasteiger partial charge in [0.15, 0.2) is 0 Å². The lowest BCUT2D eigenvalue weighted by atomic mass is 10.0. The van der Waals surface area contributed by atoms with Crippen molar-refractivity contribution in [1.29, 1.82) is 5.26 Å². The highest BCUT2D eigenvalue weighted by Gasteiger charge is 2.30. The first-order valence-corrected chi connectivity index (χ1v) is 10.1. The van der Waals surface area contributed by atoms with E-state index >= 15 is 0 Å². The zero-order chi connectivity index (χ0) is 20.3. The van der Waals surface area contributed by atoms with Crippen LogP contribution in [0.15, 0.2) is 18.2 Å². The van der Waals surface area contributed by atoms with Gasteiger partial charge in [0, 0.05) is 16.5 Å². The molecule has 1 fully saturated rings. The van der Waals surface area contributed by atoms with Crippen molar-refractivity contribution < 1.29 is 14.3 Å². The molecule has 1 unspecified atom stereocenters. The van der Waals surface area contributed by atoms with E-state index in [1.54, 1.807) is 14.2 Å². The van der Waals surface area contributed by atoms with Crippen molar-refractivity contribution in [2.75, 3.05) is 32.6 Å². The van der Waals surface area contributed by atoms with E-state index < -0.39 is 0 Å². The standard InChI is InChI=1S/C21H25N3O3S/c1-13-14(2)28-21(17(13)11-22)23-20(25)12-24-9-5-6-18(24)16-10-15(26-3)7-8-19(16)27-4/h7-8,10,18H,5-6,9,12H2,1-4H3,(H,23,25). The van der Waals surface area contributed by atoms with E-state index in [9.17, 15) is 10.1 Å². The Morgan fingerprint density at radius 2 is 2.14 bits per heavy atom. The summed E-state index contributed by atoms with van der Waals surface area (Å²) >= 11 is 1.45. The third-order valence-electron chi connectivity index (χ3n) is 5.26. The predicted octanol–water partition coefficient (Wildman–Crippen LogP) is 4.03. The van der Waals surface area contributed by atoms with Gasteiger partial charge < -0.3 is 14.8 Å². The second kappa shape index (κ2) is 8.63. The number of rotatable bonds is 6. The summed E-state index contributed by atoms with van der Waals surface area (Å²) in [6, 6.07) is 8.06. The molecule has 1 saturated heterocycles. The van der Waals surface area contributed by atoms with Crippen molar-refractivity contribution in [1.82, 2.24) is 4.90 Å². The smallest absolute Gasteiger partial charge is 0.239 e. The van der Waals surface area contributed by atoms with Crippen molar-refractivity contribution in [3.05, 3.63) is 39.8 Å². The summed E-state index contributed by atoms with van der Waals surface area (Å²) in [6.45, 7) is 4.98. The average molecular weight is 400 g/mol. The number of carbonyl (C=O) groups is 1. The monoisotopic (exact) mass is 399 g/mol. The average Bonchev–Trinajstić information content (AvgIpc) is 3.25. The van der Waals surface area contributed by atoms with Crippen LogP contribution in [-0.4, -0.2) is 38.1 Å². The quantitative estimate of drug-likeness (QED) is 0.794. The summed E-state index contributed by atoms with van der Waals surface area (Å²) in [5.41, 5.74) is 2.53. The van der Waals surface area contributed by atoms with Gasteiger partial charge in [-0.2, -0.15) is 5.26 Å². The van der Waals surface area contributed by atoms with Crippen LogP contribution in [-0.2, 0) is 4.79 Å². The number of thiophene rings is 1. The molecule has 0 saturated carbocycles. The number of hydrogen-bond acceptors (Lipinski definition) is 6. The van der Waals surface area contributed by atoms with Crippen LogP contribution in [0, 0.1) is 25.2 Å². The van der Waals surface area contributed by atoms with Crippen LogP contribution in [0.4, 0.5) is 5.00 Å². The zero-order valence-corrected chi connectivity index (χ0v) is 17.5. The summed E-state index contributed by atoms with van der Waals surface area (Å²) in [6.07, 6.45) is 1.97. The van der Waals surface area contributed by atoms with E-state index in [1.807, 2.05) is 32.0 Å². The number of nitrogens with one attached hydrogen (secondary N) is 1. The summed E-state index contributed by atoms with van der Waals surface area (Å²) in [7, 11) is 3.30. The second-order valence-electron chi connectivity index (χ2n) is 6.88. The highest BCUT2D eigenvalue weighted by Crippen LogP contribution is 2.39. The fourth-order valence-electron chi connectivity index (χ4n) is 3.67. The topological polar surface area (TPSA) is 74.6 Å². The number of anilines is 1. The van der Waals surface area contributed by atoms with E-state index in [2.05, 4.69) is 16.3 Å². The molecule has 1 aliphatic heterocycles. The van der Waals surface area contributed by atoms with E-state index in [4.69, 9.17) is 9.47 Å². The van der Waals surface area contributed by atoms with Crippen LogP contribution in [0.2, 0.25) is 0 Å². The summed E-state index contributed by atoms with van der Waals surface area (Å²) in [5, 5.41) is 12.9. The molecule has 1 atom stereocenters. The lowest BCUT2D eigenvalue weighted by Crippen LogP contribution is -2.33. The minimum absolute atomic E-state index is 0.0954. The Morgan fingerprint density at radius 3 is 2.82 bits per heavy atom. The number of methoxy groups -OCH3 is 2. The molecule has 1 aliphatic rings. The van der Waals surface area contributed by atoms with Crippen LogP contribution in [0.25, 0.3) is 0 Å². The molecule has 28 heavy (non-hydrogen) atoms. The van der Waals surface area contributed by atoms with Gasteiger partial charge in [-0.3, -0.25) is 9.69 Å². The Bertz CT molecular complexity index is 916. The van der Waals surface area contributed by atoms with Crippen LogP contribution >= 0.6 is 11.3 Å². The van der Waals surface area contributed by atoms with E-state index in [1.165, 1.54) is 11.3 Å². The predicted molar refractivity (Wildman–Crippen MR) is 110 cm³/mol. The minimum atomic E-state index is -0.105. The van der Waals surface area contributed by atoms with Gasteiger partial charge in [-0.15, -0.1) is 11.3 Å². The van der Waals surface area contributed by atoms with Gasteiger partial charge in [-0.25, -0.2) is 0 Å². The first kappa shape index (κ1) is 20.2. The van der Waals surface area contributed by atoms with Gasteiger partial charge in [0.25, 0.3) is 0 Å². The number of carbonyl (C=O) groups excluding carboxylic acids is 1. The number of nitriles is 1. The highest BCUT2D eigenvalue weighted by atomic mass is 32.1. The van der Waals surface area contributed by atoms with Crippen molar-refractivity contribution >= 4 is 22.2 Å². The number of ether oxygens (including phenoxy) is 2. The first-order chi connectivity index (χ1) is 13.5. The number of hydrogen-bond donors (Lipinski definition) is 1. The Labute approximate surface area is 169 Å². The summed E-state index contributed by atoms with van der Waals surface area (Å²) in [4.78, 5) is 15.9. The lowest BCUT2D eigenvalue weighted by Gasteiger charge is -2.26. The molecular weight excluding hydrogens is 374 g/mol.